The number of aromatic nitrogens is 2. The van der Waals surface area contributed by atoms with Gasteiger partial charge in [0.1, 0.15) is 23.3 Å². The zero-order chi connectivity index (χ0) is 15.4. The van der Waals surface area contributed by atoms with Crippen LogP contribution in [0.15, 0.2) is 30.3 Å². The number of halogens is 1. The normalized spacial score (nSPS) is 15.5. The van der Waals surface area contributed by atoms with Gasteiger partial charge in [-0.15, -0.1) is 0 Å². The van der Waals surface area contributed by atoms with E-state index in [0.717, 1.165) is 5.82 Å². The summed E-state index contributed by atoms with van der Waals surface area (Å²) < 4.78 is 13.7. The van der Waals surface area contributed by atoms with Gasteiger partial charge in [-0.1, -0.05) is 31.4 Å². The van der Waals surface area contributed by atoms with E-state index >= 15 is 0 Å². The fraction of sp³-hybridized carbons (Fsp3) is 0.412. The molecule has 2 aromatic rings. The lowest BCUT2D eigenvalue weighted by Gasteiger charge is -2.23. The van der Waals surface area contributed by atoms with Gasteiger partial charge in [0.25, 0.3) is 0 Å². The molecule has 1 saturated carbocycles. The minimum absolute atomic E-state index is 0.291. The van der Waals surface area contributed by atoms with E-state index in [1.165, 1.54) is 38.2 Å². The van der Waals surface area contributed by atoms with Gasteiger partial charge < -0.3 is 10.6 Å². The molecular formula is C17H21FN4. The maximum Gasteiger partial charge on any atom is 0.146 e. The van der Waals surface area contributed by atoms with E-state index in [2.05, 4.69) is 20.6 Å². The van der Waals surface area contributed by atoms with Crippen LogP contribution in [-0.4, -0.2) is 16.0 Å². The van der Waals surface area contributed by atoms with Crippen molar-refractivity contribution in [2.24, 2.45) is 0 Å². The van der Waals surface area contributed by atoms with Crippen molar-refractivity contribution in [1.82, 2.24) is 9.97 Å². The Labute approximate surface area is 130 Å². The highest BCUT2D eigenvalue weighted by atomic mass is 19.1. The van der Waals surface area contributed by atoms with Gasteiger partial charge in [-0.2, -0.15) is 0 Å². The molecule has 0 atom stereocenters. The van der Waals surface area contributed by atoms with E-state index in [1.807, 2.05) is 13.0 Å². The molecule has 0 unspecified atom stereocenters. The van der Waals surface area contributed by atoms with Crippen LogP contribution in [0.4, 0.5) is 21.7 Å². The second-order valence-corrected chi connectivity index (χ2v) is 5.77. The highest BCUT2D eigenvalue weighted by molar-refractivity contribution is 5.59. The summed E-state index contributed by atoms with van der Waals surface area (Å²) in [5, 5.41) is 6.50. The van der Waals surface area contributed by atoms with Crippen LogP contribution >= 0.6 is 0 Å². The molecule has 1 heterocycles. The molecule has 1 aliphatic carbocycles. The summed E-state index contributed by atoms with van der Waals surface area (Å²) in [4.78, 5) is 8.77. The molecule has 1 aliphatic rings. The molecule has 0 bridgehead atoms. The third-order valence-corrected chi connectivity index (χ3v) is 3.93. The smallest absolute Gasteiger partial charge is 0.146 e. The van der Waals surface area contributed by atoms with Gasteiger partial charge in [0, 0.05) is 12.1 Å². The van der Waals surface area contributed by atoms with Gasteiger partial charge in [-0.3, -0.25) is 0 Å². The number of hydrogen-bond acceptors (Lipinski definition) is 4. The van der Waals surface area contributed by atoms with Gasteiger partial charge >= 0.3 is 0 Å². The summed E-state index contributed by atoms with van der Waals surface area (Å²) in [5.74, 6) is 1.79. The van der Waals surface area contributed by atoms with Crippen LogP contribution in [0, 0.1) is 12.7 Å². The minimum atomic E-state index is -0.291. The van der Waals surface area contributed by atoms with Crippen LogP contribution in [0.2, 0.25) is 0 Å². The number of nitrogens with zero attached hydrogens (tertiary/aromatic N) is 2. The Balaban J connectivity index is 1.76. The molecule has 0 saturated heterocycles. The zero-order valence-electron chi connectivity index (χ0n) is 12.8. The summed E-state index contributed by atoms with van der Waals surface area (Å²) >= 11 is 0. The van der Waals surface area contributed by atoms with Crippen LogP contribution in [-0.2, 0) is 0 Å². The molecule has 0 amide bonds. The zero-order valence-corrected chi connectivity index (χ0v) is 12.8. The van der Waals surface area contributed by atoms with Crippen LogP contribution in [0.3, 0.4) is 0 Å². The number of rotatable bonds is 4. The van der Waals surface area contributed by atoms with E-state index in [1.54, 1.807) is 18.2 Å². The third-order valence-electron chi connectivity index (χ3n) is 3.93. The fourth-order valence-corrected chi connectivity index (χ4v) is 2.86. The first-order valence-corrected chi connectivity index (χ1v) is 7.84. The van der Waals surface area contributed by atoms with Gasteiger partial charge in [0.05, 0.1) is 5.69 Å². The second-order valence-electron chi connectivity index (χ2n) is 5.77. The maximum atomic E-state index is 13.7. The molecule has 2 N–H and O–H groups in total. The topological polar surface area (TPSA) is 49.8 Å². The van der Waals surface area contributed by atoms with Crippen molar-refractivity contribution >= 4 is 17.3 Å². The number of nitrogens with one attached hydrogen (secondary N) is 2. The quantitative estimate of drug-likeness (QED) is 0.878. The summed E-state index contributed by atoms with van der Waals surface area (Å²) in [6.45, 7) is 1.85. The predicted molar refractivity (Wildman–Crippen MR) is 86.9 cm³/mol. The van der Waals surface area contributed by atoms with Gasteiger partial charge in [-0.05, 0) is 31.9 Å². The van der Waals surface area contributed by atoms with Gasteiger partial charge in [-0.25, -0.2) is 14.4 Å². The first kappa shape index (κ1) is 14.8. The Morgan fingerprint density at radius 3 is 2.55 bits per heavy atom. The molecule has 1 fully saturated rings. The predicted octanol–water partition coefficient (Wildman–Crippen LogP) is 4.41. The summed E-state index contributed by atoms with van der Waals surface area (Å²) in [6.07, 6.45) is 6.21. The van der Waals surface area contributed by atoms with Crippen LogP contribution in [0.25, 0.3) is 0 Å². The van der Waals surface area contributed by atoms with E-state index in [4.69, 9.17) is 0 Å². The number of para-hydroxylation sites is 1. The Morgan fingerprint density at radius 1 is 1.05 bits per heavy atom. The molecular weight excluding hydrogens is 279 g/mol. The van der Waals surface area contributed by atoms with Crippen molar-refractivity contribution in [1.29, 1.82) is 0 Å². The average molecular weight is 300 g/mol. The largest absolute Gasteiger partial charge is 0.367 e. The van der Waals surface area contributed by atoms with Crippen molar-refractivity contribution in [3.63, 3.8) is 0 Å². The number of benzene rings is 1. The molecule has 5 heteroatoms. The molecule has 4 nitrogen and oxygen atoms in total. The Bertz CT molecular complexity index is 638. The van der Waals surface area contributed by atoms with Crippen LogP contribution < -0.4 is 10.6 Å². The van der Waals surface area contributed by atoms with Crippen molar-refractivity contribution in [3.8, 4) is 0 Å². The highest BCUT2D eigenvalue weighted by Gasteiger charge is 2.14. The summed E-state index contributed by atoms with van der Waals surface area (Å²) in [7, 11) is 0. The molecule has 0 radical (unpaired) electrons. The van der Waals surface area contributed by atoms with E-state index < -0.39 is 0 Å². The first-order chi connectivity index (χ1) is 10.7. The lowest BCUT2D eigenvalue weighted by molar-refractivity contribution is 0.462. The molecule has 0 spiro atoms. The van der Waals surface area contributed by atoms with E-state index in [0.29, 0.717) is 23.4 Å². The Morgan fingerprint density at radius 2 is 1.77 bits per heavy atom. The van der Waals surface area contributed by atoms with Crippen molar-refractivity contribution < 1.29 is 4.39 Å². The third kappa shape index (κ3) is 3.72. The fourth-order valence-electron chi connectivity index (χ4n) is 2.86. The summed E-state index contributed by atoms with van der Waals surface area (Å²) in [5.41, 5.74) is 0.421. The second kappa shape index (κ2) is 6.73. The first-order valence-electron chi connectivity index (χ1n) is 7.84. The highest BCUT2D eigenvalue weighted by Crippen LogP contribution is 2.23. The van der Waals surface area contributed by atoms with Crippen molar-refractivity contribution in [3.05, 3.63) is 42.0 Å². The number of aryl methyl sites for hydroxylation is 1. The maximum absolute atomic E-state index is 13.7. The Kier molecular flexibility index (Phi) is 4.51. The molecule has 116 valence electrons. The molecule has 1 aromatic heterocycles. The number of hydrogen-bond donors (Lipinski definition) is 2. The van der Waals surface area contributed by atoms with Crippen molar-refractivity contribution in [2.75, 3.05) is 10.6 Å². The molecule has 0 aliphatic heterocycles. The lowest BCUT2D eigenvalue weighted by Crippen LogP contribution is -2.23. The Hall–Kier alpha value is -2.17. The average Bonchev–Trinajstić information content (AvgIpc) is 2.50. The lowest BCUT2D eigenvalue weighted by atomic mass is 9.95. The van der Waals surface area contributed by atoms with Crippen LogP contribution in [0.5, 0.6) is 0 Å². The van der Waals surface area contributed by atoms with E-state index in [9.17, 15) is 4.39 Å². The molecule has 3 rings (SSSR count). The monoisotopic (exact) mass is 300 g/mol. The van der Waals surface area contributed by atoms with Gasteiger partial charge in [0.2, 0.25) is 0 Å². The van der Waals surface area contributed by atoms with Crippen molar-refractivity contribution in [2.45, 2.75) is 45.1 Å². The van der Waals surface area contributed by atoms with Crippen LogP contribution in [0.1, 0.15) is 37.9 Å². The molecule has 1 aromatic carbocycles. The minimum Gasteiger partial charge on any atom is -0.367 e. The van der Waals surface area contributed by atoms with Gasteiger partial charge in [0.15, 0.2) is 0 Å². The standard InChI is InChI=1S/C17H21FN4/c1-12-19-16(21-13-7-3-2-4-8-13)11-17(20-12)22-15-10-6-5-9-14(15)18/h5-6,9-11,13H,2-4,7-8H2,1H3,(H2,19,20,21,22). The molecule has 22 heavy (non-hydrogen) atoms. The SMILES string of the molecule is Cc1nc(Nc2ccccc2F)cc(NC2CCCCC2)n1. The summed E-state index contributed by atoms with van der Waals surface area (Å²) in [6, 6.07) is 8.90. The van der Waals surface area contributed by atoms with E-state index in [-0.39, 0.29) is 5.82 Å². The number of anilines is 3.